The number of hydrogen-bond acceptors (Lipinski definition) is 5. The summed E-state index contributed by atoms with van der Waals surface area (Å²) >= 11 is 0. The molecule has 1 aromatic carbocycles. The molecule has 3 fully saturated rings. The van der Waals surface area contributed by atoms with Gasteiger partial charge in [-0.1, -0.05) is 31.5 Å². The number of carbonyl (C=O) groups excluding carboxylic acids is 2. The first-order chi connectivity index (χ1) is 13.2. The first-order valence-corrected chi connectivity index (χ1v) is 11.3. The van der Waals surface area contributed by atoms with Gasteiger partial charge in [0.1, 0.15) is 6.61 Å². The van der Waals surface area contributed by atoms with Crippen molar-refractivity contribution < 1.29 is 22.7 Å². The lowest BCUT2D eigenvalue weighted by Crippen LogP contribution is -2.48. The highest BCUT2D eigenvalue weighted by Gasteiger charge is 2.56. The van der Waals surface area contributed by atoms with Crippen LogP contribution in [0.2, 0.25) is 0 Å². The van der Waals surface area contributed by atoms with Crippen molar-refractivity contribution in [2.24, 2.45) is 11.8 Å². The number of amides is 2. The molecule has 8 heteroatoms. The van der Waals surface area contributed by atoms with E-state index >= 15 is 0 Å². The molecular weight excluding hydrogens is 380 g/mol. The number of carbonyl (C=O) groups is 2. The zero-order valence-corrected chi connectivity index (χ0v) is 17.2. The van der Waals surface area contributed by atoms with Gasteiger partial charge in [0.15, 0.2) is 0 Å². The fraction of sp³-hybridized carbons (Fsp3) is 0.600. The number of imide groups is 1. The zero-order chi connectivity index (χ0) is 20.2. The van der Waals surface area contributed by atoms with Crippen molar-refractivity contribution in [2.45, 2.75) is 63.1 Å². The van der Waals surface area contributed by atoms with Gasteiger partial charge in [0.05, 0.1) is 16.9 Å². The molecule has 0 aromatic heterocycles. The van der Waals surface area contributed by atoms with E-state index in [1.807, 2.05) is 20.8 Å². The van der Waals surface area contributed by atoms with E-state index in [-0.39, 0.29) is 35.4 Å². The Balaban J connectivity index is 1.61. The summed E-state index contributed by atoms with van der Waals surface area (Å²) < 4.78 is 33.1. The number of cyclic esters (lactones) is 1. The first-order valence-electron chi connectivity index (χ1n) is 9.82. The lowest BCUT2D eigenvalue weighted by Gasteiger charge is -2.29. The molecule has 0 spiro atoms. The number of rotatable bonds is 4. The standard InChI is InChI=1S/C20H26N2O5S/c1-12(2)18-11-27-20(24)21(18)19(23)16-10-14-6-9-17(16)22(14)28(25,26)15-7-4-13(3)5-8-15/h4-5,7-8,12,14,16-18H,6,9-11H2,1-3H3/t14-,16-,17+,18+/m0/s1. The van der Waals surface area contributed by atoms with Gasteiger partial charge < -0.3 is 4.74 Å². The van der Waals surface area contributed by atoms with Crippen molar-refractivity contribution >= 4 is 22.0 Å². The summed E-state index contributed by atoms with van der Waals surface area (Å²) in [5.41, 5.74) is 0.990. The molecule has 0 aliphatic carbocycles. The second kappa shape index (κ2) is 6.84. The van der Waals surface area contributed by atoms with Gasteiger partial charge in [-0.2, -0.15) is 4.31 Å². The summed E-state index contributed by atoms with van der Waals surface area (Å²) in [7, 11) is -3.68. The second-order valence-corrected chi connectivity index (χ2v) is 10.2. The Kier molecular flexibility index (Phi) is 4.74. The molecule has 4 atom stereocenters. The van der Waals surface area contributed by atoms with Crippen LogP contribution in [-0.2, 0) is 19.6 Å². The Hall–Kier alpha value is -1.93. The molecule has 0 saturated carbocycles. The van der Waals surface area contributed by atoms with E-state index in [9.17, 15) is 18.0 Å². The van der Waals surface area contributed by atoms with Crippen molar-refractivity contribution in [3.05, 3.63) is 29.8 Å². The van der Waals surface area contributed by atoms with Crippen molar-refractivity contribution in [1.29, 1.82) is 0 Å². The van der Waals surface area contributed by atoms with E-state index in [0.717, 1.165) is 12.0 Å². The van der Waals surface area contributed by atoms with Crippen LogP contribution in [0.3, 0.4) is 0 Å². The third-order valence-corrected chi connectivity index (χ3v) is 8.29. The fourth-order valence-electron chi connectivity index (χ4n) is 4.77. The van der Waals surface area contributed by atoms with Gasteiger partial charge in [0, 0.05) is 12.1 Å². The first kappa shape index (κ1) is 19.4. The van der Waals surface area contributed by atoms with Gasteiger partial charge in [-0.05, 0) is 44.2 Å². The van der Waals surface area contributed by atoms with Crippen molar-refractivity contribution in [2.75, 3.05) is 6.61 Å². The van der Waals surface area contributed by atoms with E-state index in [4.69, 9.17) is 4.74 Å². The molecule has 0 radical (unpaired) electrons. The quantitative estimate of drug-likeness (QED) is 0.767. The van der Waals surface area contributed by atoms with Crippen LogP contribution in [0.15, 0.2) is 29.2 Å². The Bertz CT molecular complexity index is 896. The van der Waals surface area contributed by atoms with Gasteiger partial charge in [-0.15, -0.1) is 0 Å². The number of sulfonamides is 1. The molecular formula is C20H26N2O5S. The maximum Gasteiger partial charge on any atom is 0.416 e. The summed E-state index contributed by atoms with van der Waals surface area (Å²) in [6.45, 7) is 6.00. The van der Waals surface area contributed by atoms with E-state index in [0.29, 0.717) is 12.8 Å². The Morgan fingerprint density at radius 2 is 1.86 bits per heavy atom. The highest BCUT2D eigenvalue weighted by molar-refractivity contribution is 7.89. The maximum atomic E-state index is 13.2. The molecule has 28 heavy (non-hydrogen) atoms. The SMILES string of the molecule is Cc1ccc(S(=O)(=O)N2[C@H]3CC[C@@H]2[C@@H](C(=O)N2C(=O)OC[C@@H]2C(C)C)C3)cc1. The number of aryl methyl sites for hydroxylation is 1. The summed E-state index contributed by atoms with van der Waals surface area (Å²) in [6, 6.07) is 5.91. The lowest BCUT2D eigenvalue weighted by atomic mass is 9.87. The number of fused-ring (bicyclic) bond motifs is 2. The van der Waals surface area contributed by atoms with Crippen LogP contribution < -0.4 is 0 Å². The molecule has 152 valence electrons. The number of benzene rings is 1. The molecule has 3 heterocycles. The molecule has 1 aromatic rings. The number of ether oxygens (including phenoxy) is 1. The Morgan fingerprint density at radius 1 is 1.18 bits per heavy atom. The Labute approximate surface area is 165 Å². The monoisotopic (exact) mass is 406 g/mol. The van der Waals surface area contributed by atoms with Gasteiger partial charge in [-0.25, -0.2) is 18.1 Å². The molecule has 3 aliphatic rings. The van der Waals surface area contributed by atoms with Gasteiger partial charge >= 0.3 is 6.09 Å². The summed E-state index contributed by atoms with van der Waals surface area (Å²) in [5, 5.41) is 0. The minimum atomic E-state index is -3.68. The summed E-state index contributed by atoms with van der Waals surface area (Å²) in [6.07, 6.45) is 1.24. The molecule has 3 aliphatic heterocycles. The van der Waals surface area contributed by atoms with E-state index in [1.54, 1.807) is 24.3 Å². The molecule has 7 nitrogen and oxygen atoms in total. The largest absolute Gasteiger partial charge is 0.447 e. The highest BCUT2D eigenvalue weighted by Crippen LogP contribution is 2.46. The molecule has 4 rings (SSSR count). The van der Waals surface area contributed by atoms with Crippen LogP contribution in [-0.4, -0.2) is 54.4 Å². The predicted octanol–water partition coefficient (Wildman–Crippen LogP) is 2.54. The van der Waals surface area contributed by atoms with Crippen molar-refractivity contribution in [3.8, 4) is 0 Å². The molecule has 2 amide bonds. The normalized spacial score (nSPS) is 30.3. The average Bonchev–Trinajstić information content (AvgIpc) is 3.34. The van der Waals surface area contributed by atoms with Crippen LogP contribution in [0.5, 0.6) is 0 Å². The van der Waals surface area contributed by atoms with Crippen molar-refractivity contribution in [1.82, 2.24) is 9.21 Å². The van der Waals surface area contributed by atoms with E-state index in [1.165, 1.54) is 9.21 Å². The third kappa shape index (κ3) is 2.93. The Morgan fingerprint density at radius 3 is 2.50 bits per heavy atom. The summed E-state index contributed by atoms with van der Waals surface area (Å²) in [4.78, 5) is 26.9. The molecule has 3 saturated heterocycles. The molecule has 0 unspecified atom stereocenters. The highest BCUT2D eigenvalue weighted by atomic mass is 32.2. The third-order valence-electron chi connectivity index (χ3n) is 6.30. The van der Waals surface area contributed by atoms with Crippen LogP contribution >= 0.6 is 0 Å². The lowest BCUT2D eigenvalue weighted by molar-refractivity contribution is -0.134. The fourth-order valence-corrected chi connectivity index (χ4v) is 6.69. The molecule has 0 N–H and O–H groups in total. The minimum absolute atomic E-state index is 0.0846. The second-order valence-electron chi connectivity index (χ2n) is 8.39. The summed E-state index contributed by atoms with van der Waals surface area (Å²) in [5.74, 6) is -0.704. The topological polar surface area (TPSA) is 84.0 Å². The van der Waals surface area contributed by atoms with Crippen LogP contribution in [0.1, 0.15) is 38.7 Å². The predicted molar refractivity (Wildman–Crippen MR) is 102 cm³/mol. The smallest absolute Gasteiger partial charge is 0.416 e. The van der Waals surface area contributed by atoms with Crippen LogP contribution in [0, 0.1) is 18.8 Å². The van der Waals surface area contributed by atoms with Gasteiger partial charge in [0.2, 0.25) is 15.9 Å². The minimum Gasteiger partial charge on any atom is -0.447 e. The number of hydrogen-bond donors (Lipinski definition) is 0. The van der Waals surface area contributed by atoms with Gasteiger partial charge in [-0.3, -0.25) is 4.79 Å². The maximum absolute atomic E-state index is 13.2. The van der Waals surface area contributed by atoms with E-state index in [2.05, 4.69) is 0 Å². The van der Waals surface area contributed by atoms with Crippen LogP contribution in [0.4, 0.5) is 4.79 Å². The van der Waals surface area contributed by atoms with Crippen molar-refractivity contribution in [3.63, 3.8) is 0 Å². The molecule has 2 bridgehead atoms. The van der Waals surface area contributed by atoms with E-state index < -0.39 is 28.1 Å². The zero-order valence-electron chi connectivity index (χ0n) is 16.4. The number of nitrogens with zero attached hydrogens (tertiary/aromatic N) is 2. The van der Waals surface area contributed by atoms with Gasteiger partial charge in [0.25, 0.3) is 0 Å². The van der Waals surface area contributed by atoms with Crippen LogP contribution in [0.25, 0.3) is 0 Å². The average molecular weight is 407 g/mol.